The van der Waals surface area contributed by atoms with E-state index in [0.29, 0.717) is 19.7 Å². The van der Waals surface area contributed by atoms with Crippen molar-refractivity contribution in [2.24, 2.45) is 0 Å². The molecule has 0 aromatic heterocycles. The molecule has 0 spiro atoms. The summed E-state index contributed by atoms with van der Waals surface area (Å²) in [5.41, 5.74) is 1.14. The maximum atomic E-state index is 11.7. The number of aryl methyl sites for hydroxylation is 1. The van der Waals surface area contributed by atoms with E-state index >= 15 is 0 Å². The van der Waals surface area contributed by atoms with Gasteiger partial charge in [0.2, 0.25) is 5.91 Å². The molecule has 0 radical (unpaired) electrons. The first-order valence-corrected chi connectivity index (χ1v) is 8.46. The van der Waals surface area contributed by atoms with Crippen LogP contribution in [-0.4, -0.2) is 91.8 Å². The topological polar surface area (TPSA) is 56.3 Å². The third-order valence-corrected chi connectivity index (χ3v) is 4.22. The zero-order valence-electron chi connectivity index (χ0n) is 14.9. The number of β-amino-alcohol motifs (C(OH)–C–C–N with tert-alkyl or cyclic N) is 1. The molecule has 1 N–H and O–H groups in total. The maximum Gasteiger partial charge on any atom is 0.236 e. The van der Waals surface area contributed by atoms with E-state index < -0.39 is 6.10 Å². The molecule has 6 heteroatoms. The van der Waals surface area contributed by atoms with Gasteiger partial charge in [-0.25, -0.2) is 0 Å². The number of hydrogen-bond donors (Lipinski definition) is 1. The monoisotopic (exact) mass is 335 g/mol. The van der Waals surface area contributed by atoms with Crippen molar-refractivity contribution in [3.05, 3.63) is 29.8 Å². The first kappa shape index (κ1) is 18.7. The highest BCUT2D eigenvalue weighted by atomic mass is 16.5. The lowest BCUT2D eigenvalue weighted by Crippen LogP contribution is -2.51. The van der Waals surface area contributed by atoms with E-state index in [2.05, 4.69) is 9.80 Å². The number of amides is 1. The van der Waals surface area contributed by atoms with Crippen molar-refractivity contribution in [3.63, 3.8) is 0 Å². The van der Waals surface area contributed by atoms with E-state index in [1.165, 1.54) is 0 Å². The van der Waals surface area contributed by atoms with Gasteiger partial charge in [-0.3, -0.25) is 14.6 Å². The fraction of sp³-hybridized carbons (Fsp3) is 0.611. The number of aliphatic hydroxyl groups is 1. The number of benzene rings is 1. The number of carbonyl (C=O) groups is 1. The van der Waals surface area contributed by atoms with Crippen LogP contribution in [0.4, 0.5) is 0 Å². The fourth-order valence-electron chi connectivity index (χ4n) is 2.71. The minimum Gasteiger partial charge on any atom is -0.491 e. The van der Waals surface area contributed by atoms with Crippen molar-refractivity contribution in [2.75, 3.05) is 60.0 Å². The molecule has 1 aromatic rings. The first-order chi connectivity index (χ1) is 11.4. The summed E-state index contributed by atoms with van der Waals surface area (Å²) >= 11 is 0. The van der Waals surface area contributed by atoms with Gasteiger partial charge >= 0.3 is 0 Å². The number of nitrogens with zero attached hydrogens (tertiary/aromatic N) is 3. The summed E-state index contributed by atoms with van der Waals surface area (Å²) in [5.74, 6) is 0.927. The molecule has 1 heterocycles. The smallest absolute Gasteiger partial charge is 0.236 e. The number of carbonyl (C=O) groups excluding carboxylic acids is 1. The zero-order chi connectivity index (χ0) is 17.5. The molecule has 0 aliphatic carbocycles. The maximum absolute atomic E-state index is 11.7. The summed E-state index contributed by atoms with van der Waals surface area (Å²) in [6, 6.07) is 7.84. The van der Waals surface area contributed by atoms with Gasteiger partial charge in [0.05, 0.1) is 6.54 Å². The lowest BCUT2D eigenvalue weighted by molar-refractivity contribution is -0.130. The Morgan fingerprint density at radius 2 is 1.92 bits per heavy atom. The summed E-state index contributed by atoms with van der Waals surface area (Å²) in [4.78, 5) is 17.7. The number of likely N-dealkylation sites (N-methyl/N-ethyl adjacent to an activating group) is 1. The molecular formula is C18H29N3O3. The Kier molecular flexibility index (Phi) is 7.02. The normalized spacial score (nSPS) is 17.5. The van der Waals surface area contributed by atoms with Crippen molar-refractivity contribution in [1.82, 2.24) is 14.7 Å². The molecule has 1 atom stereocenters. The molecule has 2 rings (SSSR count). The van der Waals surface area contributed by atoms with Crippen LogP contribution in [0.1, 0.15) is 5.56 Å². The van der Waals surface area contributed by atoms with Gasteiger partial charge in [0.25, 0.3) is 0 Å². The molecule has 0 unspecified atom stereocenters. The van der Waals surface area contributed by atoms with Gasteiger partial charge in [-0.15, -0.1) is 0 Å². The van der Waals surface area contributed by atoms with Gasteiger partial charge in [-0.2, -0.15) is 0 Å². The van der Waals surface area contributed by atoms with Crippen LogP contribution in [0.25, 0.3) is 0 Å². The summed E-state index contributed by atoms with van der Waals surface area (Å²) in [5, 5.41) is 10.2. The molecule has 134 valence electrons. The summed E-state index contributed by atoms with van der Waals surface area (Å²) < 4.78 is 5.65. The van der Waals surface area contributed by atoms with Crippen molar-refractivity contribution in [1.29, 1.82) is 0 Å². The van der Waals surface area contributed by atoms with Gasteiger partial charge in [0, 0.05) is 46.8 Å². The third kappa shape index (κ3) is 6.11. The second kappa shape index (κ2) is 9.01. The third-order valence-electron chi connectivity index (χ3n) is 4.22. The quantitative estimate of drug-likeness (QED) is 0.784. The Balaban J connectivity index is 1.66. The van der Waals surface area contributed by atoms with Crippen molar-refractivity contribution in [2.45, 2.75) is 13.0 Å². The minimum atomic E-state index is -0.513. The average molecular weight is 335 g/mol. The van der Waals surface area contributed by atoms with Crippen molar-refractivity contribution in [3.8, 4) is 5.75 Å². The van der Waals surface area contributed by atoms with Crippen LogP contribution < -0.4 is 4.74 Å². The Morgan fingerprint density at radius 3 is 2.54 bits per heavy atom. The van der Waals surface area contributed by atoms with Gasteiger partial charge in [0.15, 0.2) is 0 Å². The molecule has 1 aromatic carbocycles. The number of ether oxygens (including phenoxy) is 1. The highest BCUT2D eigenvalue weighted by molar-refractivity contribution is 5.77. The predicted octanol–water partition coefficient (Wildman–Crippen LogP) is 0.441. The molecule has 0 saturated carbocycles. The second-order valence-corrected chi connectivity index (χ2v) is 6.65. The fourth-order valence-corrected chi connectivity index (χ4v) is 2.71. The molecule has 1 aliphatic rings. The van der Waals surface area contributed by atoms with Gasteiger partial charge in [-0.05, 0) is 24.6 Å². The first-order valence-electron chi connectivity index (χ1n) is 8.46. The van der Waals surface area contributed by atoms with Crippen LogP contribution >= 0.6 is 0 Å². The summed E-state index contributed by atoms with van der Waals surface area (Å²) in [7, 11) is 3.56. The molecule has 24 heavy (non-hydrogen) atoms. The molecule has 1 amide bonds. The number of piperazine rings is 1. The van der Waals surface area contributed by atoms with Crippen LogP contribution in [0.5, 0.6) is 5.75 Å². The largest absolute Gasteiger partial charge is 0.491 e. The van der Waals surface area contributed by atoms with E-state index in [1.807, 2.05) is 31.2 Å². The van der Waals surface area contributed by atoms with E-state index in [1.54, 1.807) is 19.0 Å². The van der Waals surface area contributed by atoms with E-state index in [-0.39, 0.29) is 5.91 Å². The molecule has 0 bridgehead atoms. The van der Waals surface area contributed by atoms with Crippen molar-refractivity contribution < 1.29 is 14.6 Å². The molecule has 1 saturated heterocycles. The summed E-state index contributed by atoms with van der Waals surface area (Å²) in [6.07, 6.45) is -0.513. The van der Waals surface area contributed by atoms with Crippen LogP contribution in [0, 0.1) is 6.92 Å². The average Bonchev–Trinajstić information content (AvgIpc) is 2.55. The summed E-state index contributed by atoms with van der Waals surface area (Å²) in [6.45, 7) is 6.81. The van der Waals surface area contributed by atoms with Gasteiger partial charge in [-0.1, -0.05) is 12.1 Å². The number of aliphatic hydroxyl groups excluding tert-OH is 1. The van der Waals surface area contributed by atoms with E-state index in [0.717, 1.165) is 37.5 Å². The van der Waals surface area contributed by atoms with Crippen LogP contribution in [0.2, 0.25) is 0 Å². The zero-order valence-corrected chi connectivity index (χ0v) is 14.9. The molecular weight excluding hydrogens is 306 g/mol. The highest BCUT2D eigenvalue weighted by Crippen LogP contribution is 2.13. The Morgan fingerprint density at radius 1 is 1.25 bits per heavy atom. The van der Waals surface area contributed by atoms with Crippen molar-refractivity contribution >= 4 is 5.91 Å². The SMILES string of the molecule is Cc1cccc(OC[C@@H](O)CN2CCN(CC(=O)N(C)C)CC2)c1. The van der Waals surface area contributed by atoms with E-state index in [9.17, 15) is 9.90 Å². The Hall–Kier alpha value is -1.63. The lowest BCUT2D eigenvalue weighted by Gasteiger charge is -2.35. The van der Waals surface area contributed by atoms with Crippen LogP contribution in [0.3, 0.4) is 0 Å². The Labute approximate surface area is 144 Å². The minimum absolute atomic E-state index is 0.134. The molecule has 1 fully saturated rings. The molecule has 6 nitrogen and oxygen atoms in total. The standard InChI is InChI=1S/C18H29N3O3/c1-15-5-4-6-17(11-15)24-14-16(22)12-20-7-9-21(10-8-20)13-18(23)19(2)3/h4-6,11,16,22H,7-10,12-14H2,1-3H3/t16-/m0/s1. The highest BCUT2D eigenvalue weighted by Gasteiger charge is 2.21. The van der Waals surface area contributed by atoms with Gasteiger partial charge < -0.3 is 14.7 Å². The Bertz CT molecular complexity index is 528. The van der Waals surface area contributed by atoms with E-state index in [4.69, 9.17) is 4.74 Å². The predicted molar refractivity (Wildman–Crippen MR) is 94.3 cm³/mol. The van der Waals surface area contributed by atoms with Crippen LogP contribution in [-0.2, 0) is 4.79 Å². The number of hydrogen-bond acceptors (Lipinski definition) is 5. The second-order valence-electron chi connectivity index (χ2n) is 6.65. The molecule has 1 aliphatic heterocycles. The van der Waals surface area contributed by atoms with Crippen LogP contribution in [0.15, 0.2) is 24.3 Å². The van der Waals surface area contributed by atoms with Gasteiger partial charge in [0.1, 0.15) is 18.5 Å². The number of rotatable bonds is 7. The lowest BCUT2D eigenvalue weighted by atomic mass is 10.2.